The third-order valence-electron chi connectivity index (χ3n) is 3.17. The predicted molar refractivity (Wildman–Crippen MR) is 77.1 cm³/mol. The van der Waals surface area contributed by atoms with E-state index in [-0.39, 0.29) is 11.6 Å². The van der Waals surface area contributed by atoms with Crippen LogP contribution in [0.15, 0.2) is 0 Å². The molecule has 1 rings (SSSR count). The molecule has 0 aromatic heterocycles. The Hall–Kier alpha value is -0.810. The van der Waals surface area contributed by atoms with E-state index in [0.717, 1.165) is 32.1 Å². The summed E-state index contributed by atoms with van der Waals surface area (Å²) in [6, 6.07) is 0.249. The van der Waals surface area contributed by atoms with Crippen LogP contribution >= 0.6 is 0 Å². The van der Waals surface area contributed by atoms with Crippen molar-refractivity contribution in [3.8, 4) is 0 Å². The maximum atomic E-state index is 11.5. The first-order valence-corrected chi connectivity index (χ1v) is 7.30. The third kappa shape index (κ3) is 8.06. The molecule has 1 saturated carbocycles. The van der Waals surface area contributed by atoms with Crippen LogP contribution in [-0.4, -0.2) is 36.9 Å². The van der Waals surface area contributed by atoms with Gasteiger partial charge < -0.3 is 21.1 Å². The monoisotopic (exact) mass is 271 g/mol. The van der Waals surface area contributed by atoms with Gasteiger partial charge in [-0.1, -0.05) is 0 Å². The average Bonchev–Trinajstić information content (AvgIpc) is 2.29. The van der Waals surface area contributed by atoms with Crippen molar-refractivity contribution in [2.75, 3.05) is 13.2 Å². The van der Waals surface area contributed by atoms with E-state index in [2.05, 4.69) is 10.6 Å². The number of amides is 2. The topological polar surface area (TPSA) is 76.4 Å². The molecule has 1 fully saturated rings. The van der Waals surface area contributed by atoms with Gasteiger partial charge in [-0.3, -0.25) is 0 Å². The first-order valence-electron chi connectivity index (χ1n) is 7.30. The van der Waals surface area contributed by atoms with Gasteiger partial charge in [0.2, 0.25) is 0 Å². The molecule has 112 valence electrons. The highest BCUT2D eigenvalue weighted by Crippen LogP contribution is 2.19. The lowest BCUT2D eigenvalue weighted by Gasteiger charge is -2.26. The zero-order valence-corrected chi connectivity index (χ0v) is 12.5. The average molecular weight is 271 g/mol. The highest BCUT2D eigenvalue weighted by Gasteiger charge is 2.18. The van der Waals surface area contributed by atoms with E-state index in [1.807, 2.05) is 20.8 Å². The van der Waals surface area contributed by atoms with Gasteiger partial charge in [0.15, 0.2) is 0 Å². The molecular formula is C14H29N3O2. The molecule has 0 saturated heterocycles. The summed E-state index contributed by atoms with van der Waals surface area (Å²) in [4.78, 5) is 11.5. The molecule has 1 aliphatic carbocycles. The first-order chi connectivity index (χ1) is 8.87. The molecule has 19 heavy (non-hydrogen) atoms. The molecule has 0 heterocycles. The summed E-state index contributed by atoms with van der Waals surface area (Å²) in [6.45, 7) is 7.24. The number of nitrogens with one attached hydrogen (secondary N) is 2. The minimum absolute atomic E-state index is 0.115. The Bertz CT molecular complexity index is 268. The molecule has 1 aliphatic rings. The number of urea groups is 1. The van der Waals surface area contributed by atoms with Crippen molar-refractivity contribution in [2.45, 2.75) is 70.6 Å². The van der Waals surface area contributed by atoms with E-state index in [9.17, 15) is 4.79 Å². The zero-order chi connectivity index (χ0) is 14.3. The Balaban J connectivity index is 1.98. The van der Waals surface area contributed by atoms with Crippen LogP contribution in [0.5, 0.6) is 0 Å². The summed E-state index contributed by atoms with van der Waals surface area (Å²) in [7, 11) is 0. The standard InChI is InChI=1S/C14H29N3O2/c1-14(2,3)17-13(18)16-9-4-10-19-12-7-5-11(15)6-8-12/h11-12H,4-10,15H2,1-3H3,(H2,16,17,18). The summed E-state index contributed by atoms with van der Waals surface area (Å²) in [5.74, 6) is 0. The van der Waals surface area contributed by atoms with E-state index < -0.39 is 0 Å². The number of carbonyl (C=O) groups is 1. The van der Waals surface area contributed by atoms with Gasteiger partial charge in [-0.2, -0.15) is 0 Å². The van der Waals surface area contributed by atoms with Crippen LogP contribution in [-0.2, 0) is 4.74 Å². The summed E-state index contributed by atoms with van der Waals surface area (Å²) in [5.41, 5.74) is 5.65. The maximum absolute atomic E-state index is 11.5. The molecule has 0 radical (unpaired) electrons. The highest BCUT2D eigenvalue weighted by atomic mass is 16.5. The Morgan fingerprint density at radius 3 is 2.47 bits per heavy atom. The van der Waals surface area contributed by atoms with Gasteiger partial charge in [-0.25, -0.2) is 4.79 Å². The molecule has 0 atom stereocenters. The quantitative estimate of drug-likeness (QED) is 0.667. The minimum Gasteiger partial charge on any atom is -0.378 e. The van der Waals surface area contributed by atoms with Crippen LogP contribution in [0.2, 0.25) is 0 Å². The Kier molecular flexibility index (Phi) is 6.58. The number of nitrogens with two attached hydrogens (primary N) is 1. The number of carbonyl (C=O) groups excluding carboxylic acids is 1. The first kappa shape index (κ1) is 16.2. The van der Waals surface area contributed by atoms with Gasteiger partial charge in [0.1, 0.15) is 0 Å². The normalized spacial score (nSPS) is 24.0. The number of ether oxygens (including phenoxy) is 1. The third-order valence-corrected chi connectivity index (χ3v) is 3.17. The minimum atomic E-state index is -0.193. The highest BCUT2D eigenvalue weighted by molar-refractivity contribution is 5.74. The largest absolute Gasteiger partial charge is 0.378 e. The Labute approximate surface area is 116 Å². The summed E-state index contributed by atoms with van der Waals surface area (Å²) >= 11 is 0. The van der Waals surface area contributed by atoms with Crippen molar-refractivity contribution in [1.82, 2.24) is 10.6 Å². The van der Waals surface area contributed by atoms with E-state index in [0.29, 0.717) is 25.3 Å². The molecule has 0 bridgehead atoms. The molecule has 0 spiro atoms. The molecular weight excluding hydrogens is 242 g/mol. The van der Waals surface area contributed by atoms with E-state index in [1.165, 1.54) is 0 Å². The van der Waals surface area contributed by atoms with Gasteiger partial charge >= 0.3 is 6.03 Å². The Morgan fingerprint density at radius 1 is 1.26 bits per heavy atom. The fourth-order valence-electron chi connectivity index (χ4n) is 2.16. The van der Waals surface area contributed by atoms with Crippen LogP contribution in [0.1, 0.15) is 52.9 Å². The van der Waals surface area contributed by atoms with Crippen molar-refractivity contribution in [3.05, 3.63) is 0 Å². The molecule has 5 heteroatoms. The van der Waals surface area contributed by atoms with Gasteiger partial charge in [0, 0.05) is 24.7 Å². The van der Waals surface area contributed by atoms with Crippen molar-refractivity contribution in [3.63, 3.8) is 0 Å². The van der Waals surface area contributed by atoms with E-state index in [4.69, 9.17) is 10.5 Å². The van der Waals surface area contributed by atoms with E-state index in [1.54, 1.807) is 0 Å². The summed E-state index contributed by atoms with van der Waals surface area (Å²) in [6.07, 6.45) is 5.48. The van der Waals surface area contributed by atoms with Crippen molar-refractivity contribution in [2.24, 2.45) is 5.73 Å². The van der Waals surface area contributed by atoms with Crippen molar-refractivity contribution < 1.29 is 9.53 Å². The lowest BCUT2D eigenvalue weighted by atomic mass is 9.94. The predicted octanol–water partition coefficient (Wildman–Crippen LogP) is 1.76. The van der Waals surface area contributed by atoms with Crippen molar-refractivity contribution >= 4 is 6.03 Å². The SMILES string of the molecule is CC(C)(C)NC(=O)NCCCOC1CCC(N)CC1. The van der Waals surface area contributed by atoms with Gasteiger partial charge in [-0.05, 0) is 52.9 Å². The molecule has 0 unspecified atom stereocenters. The second-order valence-electron chi connectivity index (χ2n) is 6.39. The van der Waals surface area contributed by atoms with E-state index >= 15 is 0 Å². The zero-order valence-electron chi connectivity index (χ0n) is 12.5. The molecule has 0 aliphatic heterocycles. The maximum Gasteiger partial charge on any atom is 0.315 e. The molecule has 5 nitrogen and oxygen atoms in total. The molecule has 0 aromatic rings. The summed E-state index contributed by atoms with van der Waals surface area (Å²) in [5, 5.41) is 5.69. The fraction of sp³-hybridized carbons (Fsp3) is 0.929. The lowest BCUT2D eigenvalue weighted by Crippen LogP contribution is -2.46. The number of hydrogen-bond donors (Lipinski definition) is 3. The van der Waals surface area contributed by atoms with Gasteiger partial charge in [0.05, 0.1) is 6.10 Å². The van der Waals surface area contributed by atoms with Crippen LogP contribution in [0, 0.1) is 0 Å². The van der Waals surface area contributed by atoms with Gasteiger partial charge in [-0.15, -0.1) is 0 Å². The molecule has 2 amide bonds. The number of hydrogen-bond acceptors (Lipinski definition) is 3. The van der Waals surface area contributed by atoms with Crippen LogP contribution < -0.4 is 16.4 Å². The fourth-order valence-corrected chi connectivity index (χ4v) is 2.16. The van der Waals surface area contributed by atoms with Crippen LogP contribution in [0.25, 0.3) is 0 Å². The van der Waals surface area contributed by atoms with Crippen molar-refractivity contribution in [1.29, 1.82) is 0 Å². The van der Waals surface area contributed by atoms with Gasteiger partial charge in [0.25, 0.3) is 0 Å². The lowest BCUT2D eigenvalue weighted by molar-refractivity contribution is 0.0243. The molecule has 0 aromatic carbocycles. The second kappa shape index (κ2) is 7.70. The Morgan fingerprint density at radius 2 is 1.89 bits per heavy atom. The molecule has 4 N–H and O–H groups in total. The second-order valence-corrected chi connectivity index (χ2v) is 6.39. The van der Waals surface area contributed by atoms with Crippen LogP contribution in [0.4, 0.5) is 4.79 Å². The summed E-state index contributed by atoms with van der Waals surface area (Å²) < 4.78 is 5.79. The smallest absolute Gasteiger partial charge is 0.315 e. The number of rotatable bonds is 5. The van der Waals surface area contributed by atoms with Crippen LogP contribution in [0.3, 0.4) is 0 Å².